The van der Waals surface area contributed by atoms with Gasteiger partial charge in [0.15, 0.2) is 5.12 Å². The number of hydrogen-bond acceptors (Lipinski definition) is 4. The van der Waals surface area contributed by atoms with Crippen molar-refractivity contribution in [3.63, 3.8) is 0 Å². The highest BCUT2D eigenvalue weighted by Gasteiger charge is 1.94. The zero-order chi connectivity index (χ0) is 11.1. The van der Waals surface area contributed by atoms with Crippen LogP contribution in [0.2, 0.25) is 0 Å². The SMILES string of the molecule is CC(=O)SCCC#Cc1csc(C#N)c1. The van der Waals surface area contributed by atoms with Crippen LogP contribution < -0.4 is 0 Å². The van der Waals surface area contributed by atoms with Gasteiger partial charge in [0.05, 0.1) is 0 Å². The molecule has 1 aromatic rings. The molecule has 0 aromatic carbocycles. The minimum atomic E-state index is 0.124. The first-order valence-corrected chi connectivity index (χ1v) is 6.20. The van der Waals surface area contributed by atoms with Gasteiger partial charge in [-0.15, -0.1) is 11.3 Å². The maximum atomic E-state index is 10.6. The van der Waals surface area contributed by atoms with Crippen LogP contribution in [0.5, 0.6) is 0 Å². The molecule has 15 heavy (non-hydrogen) atoms. The highest BCUT2D eigenvalue weighted by molar-refractivity contribution is 8.13. The number of carbonyl (C=O) groups is 1. The molecule has 0 spiro atoms. The van der Waals surface area contributed by atoms with Crippen LogP contribution in [0.1, 0.15) is 23.8 Å². The Labute approximate surface area is 97.3 Å². The third kappa shape index (κ3) is 4.69. The molecule has 1 aromatic heterocycles. The van der Waals surface area contributed by atoms with Crippen LogP contribution >= 0.6 is 23.1 Å². The van der Waals surface area contributed by atoms with Gasteiger partial charge in [0.25, 0.3) is 0 Å². The second kappa shape index (κ2) is 6.29. The van der Waals surface area contributed by atoms with E-state index < -0.39 is 0 Å². The standard InChI is InChI=1S/C11H9NOS2/c1-9(13)14-5-3-2-4-10-6-11(7-12)15-8-10/h6,8H,3,5H2,1H3. The highest BCUT2D eigenvalue weighted by atomic mass is 32.2. The molecule has 0 unspecified atom stereocenters. The van der Waals surface area contributed by atoms with Crippen LogP contribution in [0.25, 0.3) is 0 Å². The second-order valence-corrected chi connectivity index (χ2v) is 4.89. The molecule has 1 heterocycles. The monoisotopic (exact) mass is 235 g/mol. The average molecular weight is 235 g/mol. The lowest BCUT2D eigenvalue weighted by Gasteiger charge is -1.87. The molecule has 0 radical (unpaired) electrons. The predicted octanol–water partition coefficient (Wildman–Crippen LogP) is 2.64. The molecule has 1 rings (SSSR count). The first kappa shape index (κ1) is 11.8. The molecule has 0 fully saturated rings. The number of nitrogens with zero attached hydrogens (tertiary/aromatic N) is 1. The lowest BCUT2D eigenvalue weighted by Crippen LogP contribution is -1.83. The molecule has 0 N–H and O–H groups in total. The normalized spacial score (nSPS) is 8.80. The van der Waals surface area contributed by atoms with E-state index in [0.29, 0.717) is 11.3 Å². The summed E-state index contributed by atoms with van der Waals surface area (Å²) in [4.78, 5) is 11.3. The van der Waals surface area contributed by atoms with Gasteiger partial charge in [-0.2, -0.15) is 5.26 Å². The van der Waals surface area contributed by atoms with E-state index in [9.17, 15) is 4.79 Å². The van der Waals surface area contributed by atoms with Gasteiger partial charge < -0.3 is 0 Å². The molecule has 76 valence electrons. The summed E-state index contributed by atoms with van der Waals surface area (Å²) >= 11 is 2.68. The fraction of sp³-hybridized carbons (Fsp3) is 0.273. The quantitative estimate of drug-likeness (QED) is 0.584. The summed E-state index contributed by atoms with van der Waals surface area (Å²) in [6, 6.07) is 3.84. The van der Waals surface area contributed by atoms with Crippen molar-refractivity contribution in [2.45, 2.75) is 13.3 Å². The lowest BCUT2D eigenvalue weighted by molar-refractivity contribution is -0.109. The number of hydrogen-bond donors (Lipinski definition) is 0. The summed E-state index contributed by atoms with van der Waals surface area (Å²) in [5.41, 5.74) is 0.879. The molecule has 2 nitrogen and oxygen atoms in total. The summed E-state index contributed by atoms with van der Waals surface area (Å²) in [5.74, 6) is 6.66. The minimum absolute atomic E-state index is 0.124. The van der Waals surface area contributed by atoms with Crippen LogP contribution in [0, 0.1) is 23.2 Å². The van der Waals surface area contributed by atoms with Crippen molar-refractivity contribution in [3.8, 4) is 17.9 Å². The topological polar surface area (TPSA) is 40.9 Å². The van der Waals surface area contributed by atoms with Crippen molar-refractivity contribution >= 4 is 28.2 Å². The number of rotatable bonds is 2. The van der Waals surface area contributed by atoms with E-state index in [2.05, 4.69) is 17.9 Å². The molecule has 4 heteroatoms. The molecule has 0 amide bonds. The van der Waals surface area contributed by atoms with Gasteiger partial charge in [-0.05, 0) is 6.07 Å². The maximum Gasteiger partial charge on any atom is 0.185 e. The van der Waals surface area contributed by atoms with Gasteiger partial charge in [-0.1, -0.05) is 23.6 Å². The summed E-state index contributed by atoms with van der Waals surface area (Å²) in [6.07, 6.45) is 0.696. The molecule has 0 saturated carbocycles. The van der Waals surface area contributed by atoms with Crippen LogP contribution in [-0.4, -0.2) is 10.9 Å². The van der Waals surface area contributed by atoms with Gasteiger partial charge in [0, 0.05) is 30.0 Å². The Balaban J connectivity index is 2.38. The number of thioether (sulfide) groups is 1. The van der Waals surface area contributed by atoms with Crippen LogP contribution in [-0.2, 0) is 4.79 Å². The molecular formula is C11H9NOS2. The molecule has 0 aliphatic rings. The van der Waals surface area contributed by atoms with Gasteiger partial charge in [-0.3, -0.25) is 4.79 Å². The Morgan fingerprint density at radius 1 is 1.67 bits per heavy atom. The van der Waals surface area contributed by atoms with E-state index in [1.165, 1.54) is 23.1 Å². The molecule has 0 aliphatic heterocycles. The second-order valence-electron chi connectivity index (χ2n) is 2.70. The predicted molar refractivity (Wildman–Crippen MR) is 63.7 cm³/mol. The summed E-state index contributed by atoms with van der Waals surface area (Å²) in [5, 5.41) is 10.6. The van der Waals surface area contributed by atoms with Crippen molar-refractivity contribution in [2.75, 3.05) is 5.75 Å². The Bertz CT molecular complexity index is 445. The first-order valence-electron chi connectivity index (χ1n) is 4.33. The molecule has 0 saturated heterocycles. The molecule has 0 atom stereocenters. The van der Waals surface area contributed by atoms with E-state index in [1.807, 2.05) is 5.38 Å². The van der Waals surface area contributed by atoms with Gasteiger partial charge in [0.1, 0.15) is 10.9 Å². The zero-order valence-corrected chi connectivity index (χ0v) is 9.87. The Morgan fingerprint density at radius 2 is 2.47 bits per heavy atom. The fourth-order valence-corrected chi connectivity index (χ4v) is 1.99. The van der Waals surface area contributed by atoms with E-state index in [0.717, 1.165) is 11.3 Å². The Hall–Kier alpha value is -1.23. The number of nitriles is 1. The Kier molecular flexibility index (Phi) is 4.97. The van der Waals surface area contributed by atoms with E-state index in [4.69, 9.17) is 5.26 Å². The van der Waals surface area contributed by atoms with Crippen molar-refractivity contribution in [3.05, 3.63) is 21.9 Å². The van der Waals surface area contributed by atoms with E-state index in [1.54, 1.807) is 13.0 Å². The Morgan fingerprint density at radius 3 is 3.07 bits per heavy atom. The van der Waals surface area contributed by atoms with Gasteiger partial charge >= 0.3 is 0 Å². The van der Waals surface area contributed by atoms with E-state index in [-0.39, 0.29) is 5.12 Å². The summed E-state index contributed by atoms with van der Waals surface area (Å²) in [7, 11) is 0. The smallest absolute Gasteiger partial charge is 0.185 e. The highest BCUT2D eigenvalue weighted by Crippen LogP contribution is 2.12. The summed E-state index contributed by atoms with van der Waals surface area (Å²) < 4.78 is 0. The molecular weight excluding hydrogens is 226 g/mol. The third-order valence-electron chi connectivity index (χ3n) is 1.47. The average Bonchev–Trinajstić information content (AvgIpc) is 2.65. The van der Waals surface area contributed by atoms with Crippen LogP contribution in [0.15, 0.2) is 11.4 Å². The van der Waals surface area contributed by atoms with Crippen molar-refractivity contribution in [1.29, 1.82) is 5.26 Å². The third-order valence-corrected chi connectivity index (χ3v) is 3.12. The van der Waals surface area contributed by atoms with Crippen LogP contribution in [0.3, 0.4) is 0 Å². The van der Waals surface area contributed by atoms with E-state index >= 15 is 0 Å². The van der Waals surface area contributed by atoms with Crippen LogP contribution in [0.4, 0.5) is 0 Å². The minimum Gasteiger partial charge on any atom is -0.288 e. The largest absolute Gasteiger partial charge is 0.288 e. The summed E-state index contributed by atoms with van der Waals surface area (Å²) in [6.45, 7) is 1.55. The van der Waals surface area contributed by atoms with Crippen molar-refractivity contribution < 1.29 is 4.79 Å². The fourth-order valence-electron chi connectivity index (χ4n) is 0.871. The van der Waals surface area contributed by atoms with Gasteiger partial charge in [-0.25, -0.2) is 0 Å². The van der Waals surface area contributed by atoms with Crippen molar-refractivity contribution in [2.24, 2.45) is 0 Å². The molecule has 0 aliphatic carbocycles. The maximum absolute atomic E-state index is 10.6. The number of thiophene rings is 1. The van der Waals surface area contributed by atoms with Crippen molar-refractivity contribution in [1.82, 2.24) is 0 Å². The molecule has 0 bridgehead atoms. The number of carbonyl (C=O) groups excluding carboxylic acids is 1. The van der Waals surface area contributed by atoms with Gasteiger partial charge in [0.2, 0.25) is 0 Å². The zero-order valence-electron chi connectivity index (χ0n) is 8.24. The first-order chi connectivity index (χ1) is 7.22. The lowest BCUT2D eigenvalue weighted by atomic mass is 10.3.